The molecular weight excluding hydrogens is 171 g/mol. The lowest BCUT2D eigenvalue weighted by Gasteiger charge is -2.38. The molecule has 0 saturated carbocycles. The Morgan fingerprint density at radius 2 is 2.36 bits per heavy atom. The van der Waals surface area contributed by atoms with Crippen LogP contribution in [0.4, 0.5) is 0 Å². The highest BCUT2D eigenvalue weighted by molar-refractivity contribution is 7.50. The van der Waals surface area contributed by atoms with Crippen molar-refractivity contribution in [3.63, 3.8) is 0 Å². The molecule has 0 amide bonds. The average Bonchev–Trinajstić information content (AvgIpc) is 2.33. The fourth-order valence-electron chi connectivity index (χ4n) is 1.45. The summed E-state index contributed by atoms with van der Waals surface area (Å²) >= 11 is 0. The van der Waals surface area contributed by atoms with Gasteiger partial charge in [0.2, 0.25) is 0 Å². The first-order valence-corrected chi connectivity index (χ1v) is 4.88. The van der Waals surface area contributed by atoms with Gasteiger partial charge in [-0.1, -0.05) is 0 Å². The molecule has 7 heteroatoms. The second-order valence-electron chi connectivity index (χ2n) is 2.70. The zero-order chi connectivity index (χ0) is 7.53. The number of piperazine rings is 1. The number of hydrogen-bond acceptors (Lipinski definition) is 6. The van der Waals surface area contributed by atoms with Crippen LogP contribution in [-0.2, 0) is 18.2 Å². The van der Waals surface area contributed by atoms with Gasteiger partial charge in [0.05, 0.1) is 6.54 Å². The van der Waals surface area contributed by atoms with Gasteiger partial charge in [-0.3, -0.25) is 0 Å². The van der Waals surface area contributed by atoms with Crippen LogP contribution in [0.3, 0.4) is 0 Å². The predicted molar refractivity (Wildman–Crippen MR) is 33.2 cm³/mol. The van der Waals surface area contributed by atoms with Crippen molar-refractivity contribution >= 4 is 7.82 Å². The molecular formula is C4H7N2O4P. The van der Waals surface area contributed by atoms with Crippen LogP contribution in [0.1, 0.15) is 0 Å². The quantitative estimate of drug-likeness (QED) is 0.511. The molecule has 1 spiro atoms. The second-order valence-corrected chi connectivity index (χ2v) is 4.13. The summed E-state index contributed by atoms with van der Waals surface area (Å²) in [5.41, 5.74) is 0. The number of hydroxylamine groups is 2. The summed E-state index contributed by atoms with van der Waals surface area (Å²) in [5, 5.41) is 4.56. The molecule has 4 aliphatic heterocycles. The maximum atomic E-state index is 11.1. The first-order chi connectivity index (χ1) is 5.23. The lowest BCUT2D eigenvalue weighted by atomic mass is 10.3. The molecule has 0 aromatic rings. The van der Waals surface area contributed by atoms with E-state index in [-0.39, 0.29) is 0 Å². The zero-order valence-electron chi connectivity index (χ0n) is 5.65. The fourth-order valence-corrected chi connectivity index (χ4v) is 2.99. The van der Waals surface area contributed by atoms with Crippen LogP contribution in [0, 0.1) is 0 Å². The van der Waals surface area contributed by atoms with Gasteiger partial charge in [-0.15, -0.1) is 5.06 Å². The number of phosphoric ester groups is 1. The molecule has 0 aliphatic carbocycles. The molecule has 4 aliphatic rings. The van der Waals surface area contributed by atoms with Gasteiger partial charge in [0.1, 0.15) is 0 Å². The second kappa shape index (κ2) is 1.69. The van der Waals surface area contributed by atoms with E-state index in [4.69, 9.17) is 13.7 Å². The molecule has 4 heterocycles. The number of hydrogen-bond donors (Lipinski definition) is 1. The summed E-state index contributed by atoms with van der Waals surface area (Å²) in [5.74, 6) is -0.867. The third-order valence-corrected chi connectivity index (χ3v) is 3.34. The first-order valence-electron chi connectivity index (χ1n) is 3.42. The zero-order valence-corrected chi connectivity index (χ0v) is 6.54. The van der Waals surface area contributed by atoms with Crippen LogP contribution in [0.2, 0.25) is 0 Å². The van der Waals surface area contributed by atoms with Crippen LogP contribution in [0.5, 0.6) is 0 Å². The molecule has 0 atom stereocenters. The smallest absolute Gasteiger partial charge is 0.309 e. The third-order valence-electron chi connectivity index (χ3n) is 1.93. The lowest BCUT2D eigenvalue weighted by molar-refractivity contribution is -0.283. The molecule has 6 nitrogen and oxygen atoms in total. The van der Waals surface area contributed by atoms with E-state index in [9.17, 15) is 4.57 Å². The van der Waals surface area contributed by atoms with E-state index in [1.165, 1.54) is 5.06 Å². The predicted octanol–water partition coefficient (Wildman–Crippen LogP) is -0.355. The Morgan fingerprint density at radius 1 is 1.55 bits per heavy atom. The van der Waals surface area contributed by atoms with Crippen molar-refractivity contribution in [1.29, 1.82) is 0 Å². The SMILES string of the molecule is O=P12ON3CCNCC3(O1)O2. The molecule has 0 radical (unpaired) electrons. The largest absolute Gasteiger partial charge is 0.499 e. The maximum absolute atomic E-state index is 11.1. The Morgan fingerprint density at radius 3 is 3.09 bits per heavy atom. The minimum absolute atomic E-state index is 0.511. The van der Waals surface area contributed by atoms with Crippen LogP contribution in [0.25, 0.3) is 0 Å². The molecule has 2 bridgehead atoms. The van der Waals surface area contributed by atoms with E-state index < -0.39 is 13.7 Å². The van der Waals surface area contributed by atoms with Crippen LogP contribution in [-0.4, -0.2) is 30.6 Å². The summed E-state index contributed by atoms with van der Waals surface area (Å²) in [6.45, 7) is 1.95. The Kier molecular flexibility index (Phi) is 1.00. The van der Waals surface area contributed by atoms with Gasteiger partial charge in [0.25, 0.3) is 5.91 Å². The lowest BCUT2D eigenvalue weighted by Crippen LogP contribution is -2.60. The minimum atomic E-state index is -3.13. The molecule has 62 valence electrons. The Hall–Kier alpha value is 0.0300. The van der Waals surface area contributed by atoms with E-state index >= 15 is 0 Å². The summed E-state index contributed by atoms with van der Waals surface area (Å²) < 4.78 is 26.0. The topological polar surface area (TPSA) is 60.0 Å². The summed E-state index contributed by atoms with van der Waals surface area (Å²) in [4.78, 5) is 0. The van der Waals surface area contributed by atoms with Gasteiger partial charge in [-0.2, -0.15) is 4.62 Å². The molecule has 4 saturated heterocycles. The molecule has 11 heavy (non-hydrogen) atoms. The number of nitrogens with zero attached hydrogens (tertiary/aromatic N) is 1. The number of phosphoric acid groups is 1. The van der Waals surface area contributed by atoms with E-state index in [0.717, 1.165) is 6.54 Å². The summed E-state index contributed by atoms with van der Waals surface area (Å²) in [6.07, 6.45) is 0. The van der Waals surface area contributed by atoms with E-state index in [1.54, 1.807) is 0 Å². The average molecular weight is 178 g/mol. The highest BCUT2D eigenvalue weighted by Gasteiger charge is 2.71. The van der Waals surface area contributed by atoms with Gasteiger partial charge in [0.15, 0.2) is 0 Å². The first kappa shape index (κ1) is 6.54. The molecule has 0 aromatic carbocycles. The van der Waals surface area contributed by atoms with Gasteiger partial charge in [-0.05, 0) is 0 Å². The fraction of sp³-hybridized carbons (Fsp3) is 1.00. The molecule has 1 N–H and O–H groups in total. The van der Waals surface area contributed by atoms with Crippen molar-refractivity contribution in [1.82, 2.24) is 10.4 Å². The molecule has 0 aromatic heterocycles. The van der Waals surface area contributed by atoms with Crippen LogP contribution >= 0.6 is 7.82 Å². The highest BCUT2D eigenvalue weighted by Crippen LogP contribution is 2.73. The van der Waals surface area contributed by atoms with E-state index in [2.05, 4.69) is 5.32 Å². The Bertz CT molecular complexity index is 238. The van der Waals surface area contributed by atoms with Crippen molar-refractivity contribution in [2.75, 3.05) is 19.6 Å². The minimum Gasteiger partial charge on any atom is -0.309 e. The Balaban J connectivity index is 1.96. The summed E-state index contributed by atoms with van der Waals surface area (Å²) in [7, 11) is -3.13. The van der Waals surface area contributed by atoms with Gasteiger partial charge < -0.3 is 5.32 Å². The van der Waals surface area contributed by atoms with Crippen LogP contribution < -0.4 is 5.32 Å². The molecule has 0 unspecified atom stereocenters. The van der Waals surface area contributed by atoms with E-state index in [1.807, 2.05) is 0 Å². The van der Waals surface area contributed by atoms with Crippen LogP contribution in [0.15, 0.2) is 0 Å². The third kappa shape index (κ3) is 0.672. The van der Waals surface area contributed by atoms with Crippen molar-refractivity contribution in [2.24, 2.45) is 0 Å². The standard InChI is InChI=1S/C4H7N2O4P/c7-11-8-4(9-11)3-5-1-2-6(4)10-11/h5H,1-3H2. The summed E-state index contributed by atoms with van der Waals surface area (Å²) in [6, 6.07) is 0. The van der Waals surface area contributed by atoms with Crippen molar-refractivity contribution in [2.45, 2.75) is 5.91 Å². The highest BCUT2D eigenvalue weighted by atomic mass is 31.2. The van der Waals surface area contributed by atoms with Crippen molar-refractivity contribution < 1.29 is 18.2 Å². The molecule has 4 rings (SSSR count). The van der Waals surface area contributed by atoms with E-state index in [0.29, 0.717) is 13.1 Å². The Labute approximate surface area is 63.0 Å². The number of nitrogens with one attached hydrogen (secondary N) is 1. The maximum Gasteiger partial charge on any atom is 0.499 e. The van der Waals surface area contributed by atoms with Crippen molar-refractivity contribution in [3.8, 4) is 0 Å². The van der Waals surface area contributed by atoms with Gasteiger partial charge in [-0.25, -0.2) is 13.6 Å². The van der Waals surface area contributed by atoms with Gasteiger partial charge in [0, 0.05) is 13.1 Å². The normalized spacial score (nSPS) is 55.3. The van der Waals surface area contributed by atoms with Crippen molar-refractivity contribution in [3.05, 3.63) is 0 Å². The van der Waals surface area contributed by atoms with Gasteiger partial charge >= 0.3 is 7.82 Å². The monoisotopic (exact) mass is 178 g/mol. The molecule has 4 fully saturated rings. The number of rotatable bonds is 0.